The summed E-state index contributed by atoms with van der Waals surface area (Å²) < 4.78 is 5.25. The lowest BCUT2D eigenvalue weighted by Gasteiger charge is -2.40. The van der Waals surface area contributed by atoms with Gasteiger partial charge in [0.2, 0.25) is 5.91 Å². The van der Waals surface area contributed by atoms with Gasteiger partial charge in [0.15, 0.2) is 0 Å². The van der Waals surface area contributed by atoms with Crippen molar-refractivity contribution >= 4 is 17.8 Å². The summed E-state index contributed by atoms with van der Waals surface area (Å²) >= 11 is 0. The summed E-state index contributed by atoms with van der Waals surface area (Å²) in [7, 11) is 1.60. The highest BCUT2D eigenvalue weighted by Gasteiger charge is 2.53. The van der Waals surface area contributed by atoms with Crippen LogP contribution < -0.4 is 15.4 Å². The lowest BCUT2D eigenvalue weighted by Crippen LogP contribution is -2.51. The predicted octanol–water partition coefficient (Wildman–Crippen LogP) is 4.43. The first-order valence-corrected chi connectivity index (χ1v) is 12.3. The third kappa shape index (κ3) is 5.19. The van der Waals surface area contributed by atoms with Gasteiger partial charge in [0.05, 0.1) is 13.2 Å². The Morgan fingerprint density at radius 2 is 1.66 bits per heavy atom. The fraction of sp³-hybridized carbons (Fsp3) is 0.464. The molecule has 2 aliphatic rings. The number of nitrogens with one attached hydrogen (secondary N) is 2. The Morgan fingerprint density at radius 1 is 1.06 bits per heavy atom. The van der Waals surface area contributed by atoms with Crippen molar-refractivity contribution in [3.8, 4) is 5.75 Å². The molecule has 1 unspecified atom stereocenters. The maximum Gasteiger partial charge on any atom is 0.325 e. The highest BCUT2D eigenvalue weighted by atomic mass is 16.5. The molecule has 1 spiro atoms. The summed E-state index contributed by atoms with van der Waals surface area (Å²) in [4.78, 5) is 40.3. The molecule has 7 nitrogen and oxygen atoms in total. The molecule has 2 N–H and O–H groups in total. The van der Waals surface area contributed by atoms with Crippen LogP contribution in [0.15, 0.2) is 54.6 Å². The Balaban J connectivity index is 1.47. The first-order chi connectivity index (χ1) is 16.6. The molecular weight excluding hydrogens is 442 g/mol. The average molecular weight is 478 g/mol. The number of ether oxygens (including phenoxy) is 1. The van der Waals surface area contributed by atoms with Gasteiger partial charge < -0.3 is 15.4 Å². The van der Waals surface area contributed by atoms with E-state index in [1.165, 1.54) is 0 Å². The Kier molecular flexibility index (Phi) is 6.88. The monoisotopic (exact) mass is 477 g/mol. The SMILES string of the molecule is COc1ccc(C(NC(=O)CN2C(=O)NC3(CCC(C(C)(C)C)CC3)C2=O)c2ccccc2)cc1. The van der Waals surface area contributed by atoms with E-state index in [1.807, 2.05) is 54.6 Å². The quantitative estimate of drug-likeness (QED) is 0.603. The summed E-state index contributed by atoms with van der Waals surface area (Å²) in [6.07, 6.45) is 2.97. The number of amides is 4. The second-order valence-corrected chi connectivity index (χ2v) is 10.7. The molecule has 2 fully saturated rings. The summed E-state index contributed by atoms with van der Waals surface area (Å²) in [5.41, 5.74) is 1.06. The topological polar surface area (TPSA) is 87.7 Å². The second kappa shape index (κ2) is 9.72. The van der Waals surface area contributed by atoms with Gasteiger partial charge in [-0.2, -0.15) is 0 Å². The third-order valence-corrected chi connectivity index (χ3v) is 7.50. The molecule has 35 heavy (non-hydrogen) atoms. The molecule has 2 aromatic carbocycles. The van der Waals surface area contributed by atoms with Crippen LogP contribution in [0, 0.1) is 11.3 Å². The summed E-state index contributed by atoms with van der Waals surface area (Å²) in [6, 6.07) is 16.2. The molecule has 1 atom stereocenters. The van der Waals surface area contributed by atoms with E-state index in [0.29, 0.717) is 18.8 Å². The molecule has 1 aliphatic heterocycles. The van der Waals surface area contributed by atoms with Crippen molar-refractivity contribution in [1.29, 1.82) is 0 Å². The maximum absolute atomic E-state index is 13.3. The van der Waals surface area contributed by atoms with Gasteiger partial charge in [-0.1, -0.05) is 63.2 Å². The fourth-order valence-electron chi connectivity index (χ4n) is 5.29. The molecule has 0 bridgehead atoms. The van der Waals surface area contributed by atoms with Crippen molar-refractivity contribution < 1.29 is 19.1 Å². The van der Waals surface area contributed by atoms with E-state index in [2.05, 4.69) is 31.4 Å². The zero-order chi connectivity index (χ0) is 25.2. The van der Waals surface area contributed by atoms with Gasteiger partial charge >= 0.3 is 6.03 Å². The van der Waals surface area contributed by atoms with Crippen LogP contribution in [0.4, 0.5) is 4.79 Å². The molecule has 7 heteroatoms. The Hall–Kier alpha value is -3.35. The number of nitrogens with zero attached hydrogens (tertiary/aromatic N) is 1. The number of methoxy groups -OCH3 is 1. The van der Waals surface area contributed by atoms with Gasteiger partial charge in [0.1, 0.15) is 17.8 Å². The van der Waals surface area contributed by atoms with Gasteiger partial charge in [-0.3, -0.25) is 14.5 Å². The molecule has 1 heterocycles. The number of benzene rings is 2. The van der Waals surface area contributed by atoms with E-state index >= 15 is 0 Å². The lowest BCUT2D eigenvalue weighted by atomic mass is 9.67. The van der Waals surface area contributed by atoms with Gasteiger partial charge in [-0.15, -0.1) is 0 Å². The number of hydrogen-bond acceptors (Lipinski definition) is 4. The van der Waals surface area contributed by atoms with E-state index < -0.39 is 23.5 Å². The van der Waals surface area contributed by atoms with Crippen LogP contribution >= 0.6 is 0 Å². The van der Waals surface area contributed by atoms with E-state index in [1.54, 1.807) is 7.11 Å². The van der Waals surface area contributed by atoms with Gasteiger partial charge in [0, 0.05) is 0 Å². The fourth-order valence-corrected chi connectivity index (χ4v) is 5.29. The smallest absolute Gasteiger partial charge is 0.325 e. The predicted molar refractivity (Wildman–Crippen MR) is 134 cm³/mol. The Labute approximate surface area is 207 Å². The minimum atomic E-state index is -0.881. The largest absolute Gasteiger partial charge is 0.497 e. The molecule has 1 saturated carbocycles. The molecule has 4 amide bonds. The van der Waals surface area contributed by atoms with Crippen LogP contribution in [0.2, 0.25) is 0 Å². The maximum atomic E-state index is 13.3. The van der Waals surface area contributed by atoms with Crippen LogP contribution in [0.5, 0.6) is 5.75 Å². The first-order valence-electron chi connectivity index (χ1n) is 12.3. The van der Waals surface area contributed by atoms with Gasteiger partial charge in [-0.25, -0.2) is 4.79 Å². The third-order valence-electron chi connectivity index (χ3n) is 7.50. The Morgan fingerprint density at radius 3 is 2.23 bits per heavy atom. The number of carbonyl (C=O) groups excluding carboxylic acids is 3. The minimum Gasteiger partial charge on any atom is -0.497 e. The van der Waals surface area contributed by atoms with Crippen LogP contribution in [0.25, 0.3) is 0 Å². The van der Waals surface area contributed by atoms with Gasteiger partial charge in [0.25, 0.3) is 5.91 Å². The van der Waals surface area contributed by atoms with Crippen molar-refractivity contribution in [2.45, 2.75) is 58.0 Å². The molecule has 0 aromatic heterocycles. The van der Waals surface area contributed by atoms with Crippen molar-refractivity contribution in [2.75, 3.05) is 13.7 Å². The lowest BCUT2D eigenvalue weighted by molar-refractivity contribution is -0.136. The van der Waals surface area contributed by atoms with Crippen molar-refractivity contribution in [3.63, 3.8) is 0 Å². The summed E-state index contributed by atoms with van der Waals surface area (Å²) in [5.74, 6) is 0.549. The standard InChI is InChI=1S/C28H35N3O4/c1-27(2,3)21-14-16-28(17-15-21)25(33)31(26(34)30-28)18-23(32)29-24(19-8-6-5-7-9-19)20-10-12-22(35-4)13-11-20/h5-13,21,24H,14-18H2,1-4H3,(H,29,32)(H,30,34). The molecule has 0 radical (unpaired) electrons. The average Bonchev–Trinajstić information content (AvgIpc) is 3.06. The van der Waals surface area contributed by atoms with E-state index in [9.17, 15) is 14.4 Å². The number of imide groups is 1. The number of rotatable bonds is 6. The van der Waals surface area contributed by atoms with Gasteiger partial charge in [-0.05, 0) is 60.3 Å². The molecule has 4 rings (SSSR count). The van der Waals surface area contributed by atoms with Crippen LogP contribution in [0.1, 0.15) is 63.6 Å². The zero-order valence-electron chi connectivity index (χ0n) is 21.0. The first kappa shape index (κ1) is 24.8. The highest BCUT2D eigenvalue weighted by molar-refractivity contribution is 6.09. The van der Waals surface area contributed by atoms with Crippen LogP contribution in [-0.2, 0) is 9.59 Å². The molecule has 1 aliphatic carbocycles. The zero-order valence-corrected chi connectivity index (χ0v) is 21.0. The summed E-state index contributed by atoms with van der Waals surface area (Å²) in [5, 5.41) is 5.94. The minimum absolute atomic E-state index is 0.167. The molecule has 2 aromatic rings. The number of carbonyl (C=O) groups is 3. The summed E-state index contributed by atoms with van der Waals surface area (Å²) in [6.45, 7) is 6.34. The number of urea groups is 1. The Bertz CT molecular complexity index is 1070. The van der Waals surface area contributed by atoms with Crippen LogP contribution in [0.3, 0.4) is 0 Å². The van der Waals surface area contributed by atoms with Crippen molar-refractivity contribution in [2.24, 2.45) is 11.3 Å². The highest BCUT2D eigenvalue weighted by Crippen LogP contribution is 2.43. The van der Waals surface area contributed by atoms with Crippen molar-refractivity contribution in [1.82, 2.24) is 15.5 Å². The van der Waals surface area contributed by atoms with E-state index in [-0.39, 0.29) is 17.9 Å². The molecule has 186 valence electrons. The molecule has 1 saturated heterocycles. The van der Waals surface area contributed by atoms with Crippen LogP contribution in [-0.4, -0.2) is 41.9 Å². The molecular formula is C28H35N3O4. The van der Waals surface area contributed by atoms with E-state index in [4.69, 9.17) is 4.74 Å². The van der Waals surface area contributed by atoms with Crippen molar-refractivity contribution in [3.05, 3.63) is 65.7 Å². The second-order valence-electron chi connectivity index (χ2n) is 10.7. The normalized spacial score (nSPS) is 23.2. The van der Waals surface area contributed by atoms with E-state index in [0.717, 1.165) is 34.6 Å². The number of hydrogen-bond donors (Lipinski definition) is 2.